The smallest absolute Gasteiger partial charge is 0.153 e. The maximum Gasteiger partial charge on any atom is 0.153 e. The molecule has 144 valence electrons. The molecule has 0 amide bonds. The van der Waals surface area contributed by atoms with Gasteiger partial charge in [-0.1, -0.05) is 68.2 Å². The van der Waals surface area contributed by atoms with Crippen molar-refractivity contribution in [2.75, 3.05) is 0 Å². The molecule has 2 heteroatoms. The molecule has 1 saturated carbocycles. The molecular formula is C23H42OSi. The molecule has 0 saturated heterocycles. The number of ketones is 1. The molecule has 0 unspecified atom stereocenters. The second-order valence-electron chi connectivity index (χ2n) is 10.8. The van der Waals surface area contributed by atoms with E-state index in [0.29, 0.717) is 5.78 Å². The SMILES string of the molecule is CC[Si](C#C[C@]1(CC(C)(C)C)CC[C@@H](CC(C)(C)C)C1=O)(CC)CC. The first-order valence-corrected chi connectivity index (χ1v) is 13.0. The standard InChI is InChI=1S/C23H42OSi/c1-10-25(11-2,12-3)16-15-23(18-22(7,8)9)14-13-19(20(23)24)17-21(4,5)6/h19H,10-14,17-18H2,1-9H3/t19-,23-/m0/s1. The molecule has 1 nitrogen and oxygen atoms in total. The first-order valence-electron chi connectivity index (χ1n) is 10.4. The molecule has 1 fully saturated rings. The first kappa shape index (κ1) is 22.5. The molecule has 1 aliphatic rings. The quantitative estimate of drug-likeness (QED) is 0.385. The van der Waals surface area contributed by atoms with Gasteiger partial charge in [-0.15, -0.1) is 5.54 Å². The van der Waals surface area contributed by atoms with Crippen molar-refractivity contribution in [3.8, 4) is 11.5 Å². The number of Topliss-reactive ketones (excluding diaryl/α,β-unsaturated/α-hetero) is 1. The lowest BCUT2D eigenvalue weighted by Gasteiger charge is -2.32. The maximum absolute atomic E-state index is 13.5. The lowest BCUT2D eigenvalue weighted by Crippen LogP contribution is -2.35. The van der Waals surface area contributed by atoms with Crippen LogP contribution in [0.4, 0.5) is 0 Å². The van der Waals surface area contributed by atoms with Gasteiger partial charge >= 0.3 is 0 Å². The Balaban J connectivity index is 3.25. The Kier molecular flexibility index (Phi) is 7.19. The van der Waals surface area contributed by atoms with E-state index in [0.717, 1.165) is 25.7 Å². The molecule has 1 aliphatic carbocycles. The predicted molar refractivity (Wildman–Crippen MR) is 113 cm³/mol. The zero-order valence-corrected chi connectivity index (χ0v) is 19.4. The summed E-state index contributed by atoms with van der Waals surface area (Å²) in [6, 6.07) is 3.62. The Labute approximate surface area is 158 Å². The molecule has 0 spiro atoms. The van der Waals surface area contributed by atoms with E-state index in [-0.39, 0.29) is 22.2 Å². The third-order valence-corrected chi connectivity index (χ3v) is 10.8. The third kappa shape index (κ3) is 5.99. The summed E-state index contributed by atoms with van der Waals surface area (Å²) in [4.78, 5) is 13.5. The average molecular weight is 363 g/mol. The number of carbonyl (C=O) groups is 1. The van der Waals surface area contributed by atoms with Crippen molar-refractivity contribution in [2.24, 2.45) is 22.2 Å². The highest BCUT2D eigenvalue weighted by Crippen LogP contribution is 2.48. The molecule has 0 aromatic heterocycles. The summed E-state index contributed by atoms with van der Waals surface area (Å²) in [7, 11) is -1.52. The summed E-state index contributed by atoms with van der Waals surface area (Å²) in [6.07, 6.45) is 3.91. The van der Waals surface area contributed by atoms with Crippen LogP contribution in [0.15, 0.2) is 0 Å². The van der Waals surface area contributed by atoms with Crippen LogP contribution in [0.5, 0.6) is 0 Å². The van der Waals surface area contributed by atoms with Gasteiger partial charge in [-0.25, -0.2) is 0 Å². The summed E-state index contributed by atoms with van der Waals surface area (Å²) in [5.41, 5.74) is 3.73. The lowest BCUT2D eigenvalue weighted by molar-refractivity contribution is -0.128. The molecule has 2 atom stereocenters. The van der Waals surface area contributed by atoms with Crippen LogP contribution in [0.2, 0.25) is 18.1 Å². The average Bonchev–Trinajstić information content (AvgIpc) is 2.76. The summed E-state index contributed by atoms with van der Waals surface area (Å²) in [5.74, 6) is 4.33. The first-order chi connectivity index (χ1) is 11.3. The van der Waals surface area contributed by atoms with E-state index in [1.807, 2.05) is 0 Å². The molecule has 1 rings (SSSR count). The minimum absolute atomic E-state index is 0.135. The lowest BCUT2D eigenvalue weighted by atomic mass is 9.71. The van der Waals surface area contributed by atoms with Crippen LogP contribution in [0, 0.1) is 33.6 Å². The highest BCUT2D eigenvalue weighted by atomic mass is 28.3. The van der Waals surface area contributed by atoms with Crippen molar-refractivity contribution < 1.29 is 4.79 Å². The third-order valence-electron chi connectivity index (χ3n) is 6.05. The minimum atomic E-state index is -1.52. The van der Waals surface area contributed by atoms with Crippen LogP contribution in [-0.2, 0) is 4.79 Å². The Morgan fingerprint density at radius 2 is 1.52 bits per heavy atom. The van der Waals surface area contributed by atoms with E-state index in [2.05, 4.69) is 73.8 Å². The topological polar surface area (TPSA) is 17.1 Å². The monoisotopic (exact) mass is 362 g/mol. The Bertz CT molecular complexity index is 511. The summed E-state index contributed by atoms with van der Waals surface area (Å²) < 4.78 is 0. The van der Waals surface area contributed by atoms with Crippen LogP contribution < -0.4 is 0 Å². The van der Waals surface area contributed by atoms with Gasteiger partial charge in [0.15, 0.2) is 5.78 Å². The fraction of sp³-hybridized carbons (Fsp3) is 0.870. The van der Waals surface area contributed by atoms with E-state index in [9.17, 15) is 4.79 Å². The van der Waals surface area contributed by atoms with Gasteiger partial charge in [0.2, 0.25) is 0 Å². The zero-order valence-electron chi connectivity index (χ0n) is 18.4. The summed E-state index contributed by atoms with van der Waals surface area (Å²) in [6.45, 7) is 20.4. The molecule has 0 aliphatic heterocycles. The van der Waals surface area contributed by atoms with Crippen molar-refractivity contribution in [3.05, 3.63) is 0 Å². The second kappa shape index (κ2) is 7.99. The summed E-state index contributed by atoms with van der Waals surface area (Å²) >= 11 is 0. The number of hydrogen-bond acceptors (Lipinski definition) is 1. The number of carbonyl (C=O) groups excluding carboxylic acids is 1. The van der Waals surface area contributed by atoms with Crippen LogP contribution in [-0.4, -0.2) is 13.9 Å². The van der Waals surface area contributed by atoms with Crippen molar-refractivity contribution in [1.82, 2.24) is 0 Å². The molecule has 0 radical (unpaired) electrons. The molecular weight excluding hydrogens is 320 g/mol. The van der Waals surface area contributed by atoms with Crippen LogP contribution in [0.25, 0.3) is 0 Å². The van der Waals surface area contributed by atoms with Crippen LogP contribution >= 0.6 is 0 Å². The van der Waals surface area contributed by atoms with Crippen molar-refractivity contribution in [2.45, 2.75) is 106 Å². The van der Waals surface area contributed by atoms with E-state index < -0.39 is 8.07 Å². The van der Waals surface area contributed by atoms with E-state index in [1.165, 1.54) is 18.1 Å². The van der Waals surface area contributed by atoms with Gasteiger partial charge in [0.05, 0.1) is 5.41 Å². The fourth-order valence-corrected chi connectivity index (χ4v) is 7.05. The molecule has 25 heavy (non-hydrogen) atoms. The molecule has 0 bridgehead atoms. The van der Waals surface area contributed by atoms with E-state index in [4.69, 9.17) is 0 Å². The van der Waals surface area contributed by atoms with Gasteiger partial charge in [-0.3, -0.25) is 4.79 Å². The summed E-state index contributed by atoms with van der Waals surface area (Å²) in [5, 5.41) is 0. The molecule has 0 N–H and O–H groups in total. The minimum Gasteiger partial charge on any atom is -0.298 e. The van der Waals surface area contributed by atoms with Gasteiger partial charge in [0.25, 0.3) is 0 Å². The largest absolute Gasteiger partial charge is 0.298 e. The van der Waals surface area contributed by atoms with Crippen molar-refractivity contribution in [1.29, 1.82) is 0 Å². The Morgan fingerprint density at radius 1 is 1.00 bits per heavy atom. The molecule has 0 aromatic carbocycles. The van der Waals surface area contributed by atoms with Crippen molar-refractivity contribution in [3.63, 3.8) is 0 Å². The molecule has 0 aromatic rings. The van der Waals surface area contributed by atoms with Crippen LogP contribution in [0.1, 0.15) is 88.0 Å². The van der Waals surface area contributed by atoms with Crippen molar-refractivity contribution >= 4 is 13.9 Å². The maximum atomic E-state index is 13.5. The Morgan fingerprint density at radius 3 is 1.92 bits per heavy atom. The Hall–Kier alpha value is -0.553. The zero-order chi connectivity index (χ0) is 19.5. The molecule has 0 heterocycles. The predicted octanol–water partition coefficient (Wildman–Crippen LogP) is 6.88. The number of hydrogen-bond donors (Lipinski definition) is 0. The van der Waals surface area contributed by atoms with Gasteiger partial charge < -0.3 is 0 Å². The van der Waals surface area contributed by atoms with Gasteiger partial charge in [-0.05, 0) is 54.6 Å². The van der Waals surface area contributed by atoms with Gasteiger partial charge in [0, 0.05) is 5.92 Å². The van der Waals surface area contributed by atoms with E-state index in [1.54, 1.807) is 0 Å². The number of rotatable bonds is 5. The normalized spacial score (nSPS) is 25.0. The van der Waals surface area contributed by atoms with Gasteiger partial charge in [0.1, 0.15) is 8.07 Å². The van der Waals surface area contributed by atoms with Gasteiger partial charge in [-0.2, -0.15) is 0 Å². The van der Waals surface area contributed by atoms with Crippen LogP contribution in [0.3, 0.4) is 0 Å². The highest BCUT2D eigenvalue weighted by molar-refractivity contribution is 6.87. The van der Waals surface area contributed by atoms with E-state index >= 15 is 0 Å². The highest BCUT2D eigenvalue weighted by Gasteiger charge is 2.49. The second-order valence-corrected chi connectivity index (χ2v) is 15.7. The fourth-order valence-electron chi connectivity index (χ4n) is 4.52.